The highest BCUT2D eigenvalue weighted by molar-refractivity contribution is 5.79. The third-order valence-electron chi connectivity index (χ3n) is 3.03. The molecule has 0 amide bonds. The monoisotopic (exact) mass is 217 g/mol. The lowest BCUT2D eigenvalue weighted by atomic mass is 10.2. The van der Waals surface area contributed by atoms with Gasteiger partial charge in [0, 0.05) is 37.4 Å². The number of hydrogen-bond donors (Lipinski definition) is 1. The van der Waals surface area contributed by atoms with E-state index in [4.69, 9.17) is 4.74 Å². The van der Waals surface area contributed by atoms with E-state index in [-0.39, 0.29) is 0 Å². The van der Waals surface area contributed by atoms with Crippen LogP contribution in [0.4, 0.5) is 0 Å². The summed E-state index contributed by atoms with van der Waals surface area (Å²) in [6.07, 6.45) is 3.88. The quantitative estimate of drug-likeness (QED) is 0.826. The van der Waals surface area contributed by atoms with Crippen LogP contribution in [0.5, 0.6) is 0 Å². The van der Waals surface area contributed by atoms with Gasteiger partial charge in [-0.15, -0.1) is 0 Å². The summed E-state index contributed by atoms with van der Waals surface area (Å²) in [4.78, 5) is 9.92. The van der Waals surface area contributed by atoms with Crippen LogP contribution in [0.25, 0.3) is 11.0 Å². The fourth-order valence-corrected chi connectivity index (χ4v) is 2.14. The SMILES string of the molecule is c1cnc2[nH]cc(CN3CCOCC3)c2c1. The summed E-state index contributed by atoms with van der Waals surface area (Å²) in [6, 6.07) is 4.10. The lowest BCUT2D eigenvalue weighted by Crippen LogP contribution is -2.35. The molecule has 0 aromatic carbocycles. The summed E-state index contributed by atoms with van der Waals surface area (Å²) in [5, 5.41) is 1.23. The molecule has 1 aliphatic rings. The van der Waals surface area contributed by atoms with E-state index in [1.165, 1.54) is 10.9 Å². The first kappa shape index (κ1) is 9.81. The van der Waals surface area contributed by atoms with Crippen LogP contribution in [0, 0.1) is 0 Å². The van der Waals surface area contributed by atoms with Crippen LogP contribution in [0.2, 0.25) is 0 Å². The smallest absolute Gasteiger partial charge is 0.137 e. The number of nitrogens with one attached hydrogen (secondary N) is 1. The van der Waals surface area contributed by atoms with Crippen molar-refractivity contribution >= 4 is 11.0 Å². The normalized spacial score (nSPS) is 18.0. The first-order valence-corrected chi connectivity index (χ1v) is 5.64. The van der Waals surface area contributed by atoms with E-state index in [1.54, 1.807) is 0 Å². The van der Waals surface area contributed by atoms with Gasteiger partial charge in [-0.25, -0.2) is 4.98 Å². The van der Waals surface area contributed by atoms with Gasteiger partial charge in [0.1, 0.15) is 5.65 Å². The Morgan fingerprint density at radius 3 is 3.12 bits per heavy atom. The molecular formula is C12H15N3O. The van der Waals surface area contributed by atoms with Crippen LogP contribution in [0.15, 0.2) is 24.5 Å². The Bertz CT molecular complexity index is 474. The van der Waals surface area contributed by atoms with Crippen LogP contribution < -0.4 is 0 Å². The Balaban J connectivity index is 1.83. The Kier molecular flexibility index (Phi) is 2.60. The number of ether oxygens (including phenoxy) is 1. The maximum absolute atomic E-state index is 5.34. The van der Waals surface area contributed by atoms with Crippen LogP contribution in [0.3, 0.4) is 0 Å². The second-order valence-corrected chi connectivity index (χ2v) is 4.10. The molecule has 2 aromatic heterocycles. The van der Waals surface area contributed by atoms with E-state index in [0.717, 1.165) is 38.5 Å². The zero-order valence-corrected chi connectivity index (χ0v) is 9.15. The molecule has 16 heavy (non-hydrogen) atoms. The fraction of sp³-hybridized carbons (Fsp3) is 0.417. The second kappa shape index (κ2) is 4.23. The van der Waals surface area contributed by atoms with Gasteiger partial charge in [-0.2, -0.15) is 0 Å². The molecule has 4 heteroatoms. The van der Waals surface area contributed by atoms with Crippen molar-refractivity contribution in [2.75, 3.05) is 26.3 Å². The average molecular weight is 217 g/mol. The molecule has 84 valence electrons. The highest BCUT2D eigenvalue weighted by atomic mass is 16.5. The van der Waals surface area contributed by atoms with Gasteiger partial charge in [0.2, 0.25) is 0 Å². The number of aromatic nitrogens is 2. The molecule has 3 rings (SSSR count). The molecule has 0 spiro atoms. The molecule has 1 fully saturated rings. The maximum Gasteiger partial charge on any atom is 0.137 e. The van der Waals surface area contributed by atoms with E-state index in [9.17, 15) is 0 Å². The summed E-state index contributed by atoms with van der Waals surface area (Å²) in [6.45, 7) is 4.72. The molecule has 1 aliphatic heterocycles. The van der Waals surface area contributed by atoms with Gasteiger partial charge < -0.3 is 9.72 Å². The molecule has 3 heterocycles. The molecule has 0 bridgehead atoms. The van der Waals surface area contributed by atoms with Gasteiger partial charge >= 0.3 is 0 Å². The van der Waals surface area contributed by atoms with Crippen LogP contribution in [0.1, 0.15) is 5.56 Å². The molecular weight excluding hydrogens is 202 g/mol. The molecule has 0 radical (unpaired) electrons. The molecule has 0 saturated carbocycles. The van der Waals surface area contributed by atoms with Crippen molar-refractivity contribution in [1.29, 1.82) is 0 Å². The molecule has 0 unspecified atom stereocenters. The predicted octanol–water partition coefficient (Wildman–Crippen LogP) is 1.40. The van der Waals surface area contributed by atoms with Crippen LogP contribution in [-0.2, 0) is 11.3 Å². The van der Waals surface area contributed by atoms with Crippen molar-refractivity contribution in [2.45, 2.75) is 6.54 Å². The minimum atomic E-state index is 0.848. The number of aromatic amines is 1. The zero-order chi connectivity index (χ0) is 10.8. The summed E-state index contributed by atoms with van der Waals surface area (Å²) >= 11 is 0. The molecule has 2 aromatic rings. The number of hydrogen-bond acceptors (Lipinski definition) is 3. The third kappa shape index (κ3) is 1.81. The van der Waals surface area contributed by atoms with Crippen molar-refractivity contribution in [1.82, 2.24) is 14.9 Å². The van der Waals surface area contributed by atoms with E-state index in [0.29, 0.717) is 0 Å². The van der Waals surface area contributed by atoms with Crippen molar-refractivity contribution < 1.29 is 4.74 Å². The van der Waals surface area contributed by atoms with Gasteiger partial charge in [-0.05, 0) is 17.7 Å². The lowest BCUT2D eigenvalue weighted by Gasteiger charge is -2.26. The highest BCUT2D eigenvalue weighted by Gasteiger charge is 2.12. The van der Waals surface area contributed by atoms with Gasteiger partial charge in [0.05, 0.1) is 13.2 Å². The van der Waals surface area contributed by atoms with Gasteiger partial charge in [-0.3, -0.25) is 4.90 Å². The van der Waals surface area contributed by atoms with E-state index >= 15 is 0 Å². The second-order valence-electron chi connectivity index (χ2n) is 4.10. The fourth-order valence-electron chi connectivity index (χ4n) is 2.14. The zero-order valence-electron chi connectivity index (χ0n) is 9.15. The highest BCUT2D eigenvalue weighted by Crippen LogP contribution is 2.17. The Morgan fingerprint density at radius 2 is 2.25 bits per heavy atom. The molecule has 1 saturated heterocycles. The number of pyridine rings is 1. The Morgan fingerprint density at radius 1 is 1.38 bits per heavy atom. The summed E-state index contributed by atoms with van der Waals surface area (Å²) in [5.74, 6) is 0. The van der Waals surface area contributed by atoms with Crippen molar-refractivity contribution in [2.24, 2.45) is 0 Å². The number of rotatable bonds is 2. The number of morpholine rings is 1. The third-order valence-corrected chi connectivity index (χ3v) is 3.03. The number of fused-ring (bicyclic) bond motifs is 1. The van der Waals surface area contributed by atoms with Gasteiger partial charge in [0.25, 0.3) is 0 Å². The van der Waals surface area contributed by atoms with Gasteiger partial charge in [-0.1, -0.05) is 0 Å². The Labute approximate surface area is 94.2 Å². The average Bonchev–Trinajstić information content (AvgIpc) is 2.74. The molecule has 0 atom stereocenters. The maximum atomic E-state index is 5.34. The van der Waals surface area contributed by atoms with E-state index in [2.05, 4.69) is 27.1 Å². The summed E-state index contributed by atoms with van der Waals surface area (Å²) < 4.78 is 5.34. The van der Waals surface area contributed by atoms with Crippen molar-refractivity contribution in [3.63, 3.8) is 0 Å². The van der Waals surface area contributed by atoms with Crippen molar-refractivity contribution in [3.05, 3.63) is 30.1 Å². The summed E-state index contributed by atoms with van der Waals surface area (Å²) in [5.41, 5.74) is 2.30. The molecule has 0 aliphatic carbocycles. The van der Waals surface area contributed by atoms with E-state index in [1.807, 2.05) is 12.3 Å². The topological polar surface area (TPSA) is 41.2 Å². The van der Waals surface area contributed by atoms with Crippen molar-refractivity contribution in [3.8, 4) is 0 Å². The Hall–Kier alpha value is -1.39. The first-order chi connectivity index (χ1) is 7.93. The number of nitrogens with zero attached hydrogens (tertiary/aromatic N) is 2. The minimum Gasteiger partial charge on any atom is -0.379 e. The molecule has 4 nitrogen and oxygen atoms in total. The van der Waals surface area contributed by atoms with Crippen LogP contribution >= 0.6 is 0 Å². The standard InChI is InChI=1S/C12H15N3O/c1-2-11-10(8-14-12(11)13-3-1)9-15-4-6-16-7-5-15/h1-3,8H,4-7,9H2,(H,13,14). The largest absolute Gasteiger partial charge is 0.379 e. The van der Waals surface area contributed by atoms with Crippen LogP contribution in [-0.4, -0.2) is 41.2 Å². The summed E-state index contributed by atoms with van der Waals surface area (Å²) in [7, 11) is 0. The molecule has 1 N–H and O–H groups in total. The lowest BCUT2D eigenvalue weighted by molar-refractivity contribution is 0.0343. The minimum absolute atomic E-state index is 0.848. The predicted molar refractivity (Wildman–Crippen MR) is 62.2 cm³/mol. The number of H-pyrrole nitrogens is 1. The first-order valence-electron chi connectivity index (χ1n) is 5.64. The van der Waals surface area contributed by atoms with Gasteiger partial charge in [0.15, 0.2) is 0 Å². The van der Waals surface area contributed by atoms with E-state index < -0.39 is 0 Å².